The number of rotatable bonds is 41. The second kappa shape index (κ2) is 45.6. The van der Waals surface area contributed by atoms with Crippen LogP contribution in [0.5, 0.6) is 0 Å². The molecule has 0 radical (unpaired) electrons. The summed E-state index contributed by atoms with van der Waals surface area (Å²) >= 11 is 0. The van der Waals surface area contributed by atoms with E-state index in [9.17, 15) is 14.4 Å². The van der Waals surface area contributed by atoms with Crippen LogP contribution < -0.4 is 0 Å². The SMILES string of the molecule is CC\C=C/C=C\C=C/C=C\C=C/CCCC(=O)OC(COC(=O)CCC/C=C\CCCCCC)COC(=O)CCCCCCCCCCCCCCCCCCC. The number of carbonyl (C=O) groups is 3. The molecule has 0 rings (SSSR count). The third-order valence-corrected chi connectivity index (χ3v) is 9.82. The molecule has 6 nitrogen and oxygen atoms in total. The van der Waals surface area contributed by atoms with Gasteiger partial charge in [-0.05, 0) is 51.4 Å². The summed E-state index contributed by atoms with van der Waals surface area (Å²) in [4.78, 5) is 37.7. The van der Waals surface area contributed by atoms with Crippen LogP contribution in [-0.2, 0) is 28.6 Å². The largest absolute Gasteiger partial charge is 0.462 e. The minimum absolute atomic E-state index is 0.111. The molecule has 1 atom stereocenters. The lowest BCUT2D eigenvalue weighted by Gasteiger charge is -2.18. The number of hydrogen-bond acceptors (Lipinski definition) is 6. The van der Waals surface area contributed by atoms with Gasteiger partial charge in [0.15, 0.2) is 6.10 Å². The van der Waals surface area contributed by atoms with E-state index < -0.39 is 6.10 Å². The molecule has 0 spiro atoms. The number of allylic oxidation sites excluding steroid dienone is 12. The van der Waals surface area contributed by atoms with E-state index in [0.29, 0.717) is 25.7 Å². The fraction of sp³-hybridized carbons (Fsp3) is 0.706. The second-order valence-electron chi connectivity index (χ2n) is 15.4. The highest BCUT2D eigenvalue weighted by atomic mass is 16.6. The molecule has 0 aromatic carbocycles. The van der Waals surface area contributed by atoms with E-state index in [1.54, 1.807) is 0 Å². The van der Waals surface area contributed by atoms with Crippen LogP contribution in [0.3, 0.4) is 0 Å². The van der Waals surface area contributed by atoms with Crippen LogP contribution in [0.4, 0.5) is 0 Å². The van der Waals surface area contributed by atoms with E-state index in [-0.39, 0.29) is 37.5 Å². The summed E-state index contributed by atoms with van der Waals surface area (Å²) in [5.74, 6) is -1.03. The zero-order valence-electron chi connectivity index (χ0n) is 37.1. The number of ether oxygens (including phenoxy) is 3. The Bertz CT molecular complexity index is 1100. The zero-order valence-corrected chi connectivity index (χ0v) is 37.1. The molecule has 0 aliphatic rings. The van der Waals surface area contributed by atoms with Crippen molar-refractivity contribution in [2.45, 2.75) is 219 Å². The lowest BCUT2D eigenvalue weighted by atomic mass is 10.0. The summed E-state index contributed by atoms with van der Waals surface area (Å²) in [6.07, 6.45) is 56.2. The summed E-state index contributed by atoms with van der Waals surface area (Å²) in [6.45, 7) is 6.36. The van der Waals surface area contributed by atoms with Gasteiger partial charge in [0.25, 0.3) is 0 Å². The van der Waals surface area contributed by atoms with Gasteiger partial charge in [-0.25, -0.2) is 0 Å². The monoisotopic (exact) mass is 795 g/mol. The van der Waals surface area contributed by atoms with Crippen molar-refractivity contribution in [3.63, 3.8) is 0 Å². The molecule has 0 N–H and O–H groups in total. The van der Waals surface area contributed by atoms with Crippen LogP contribution in [0.2, 0.25) is 0 Å². The van der Waals surface area contributed by atoms with Crippen LogP contribution in [0, 0.1) is 0 Å². The first-order valence-electron chi connectivity index (χ1n) is 23.5. The molecular formula is C51H86O6. The third-order valence-electron chi connectivity index (χ3n) is 9.82. The van der Waals surface area contributed by atoms with Gasteiger partial charge in [0.1, 0.15) is 13.2 Å². The average Bonchev–Trinajstić information content (AvgIpc) is 3.21. The minimum Gasteiger partial charge on any atom is -0.462 e. The Balaban J connectivity index is 4.43. The maximum atomic E-state index is 12.7. The van der Waals surface area contributed by atoms with Gasteiger partial charge in [0.2, 0.25) is 0 Å². The molecule has 0 bridgehead atoms. The maximum Gasteiger partial charge on any atom is 0.306 e. The highest BCUT2D eigenvalue weighted by Gasteiger charge is 2.19. The van der Waals surface area contributed by atoms with Crippen LogP contribution in [0.15, 0.2) is 72.9 Å². The zero-order chi connectivity index (χ0) is 41.5. The van der Waals surface area contributed by atoms with Gasteiger partial charge in [-0.1, -0.05) is 216 Å². The molecule has 326 valence electrons. The van der Waals surface area contributed by atoms with E-state index in [1.165, 1.54) is 116 Å². The Morgan fingerprint density at radius 1 is 0.368 bits per heavy atom. The van der Waals surface area contributed by atoms with Gasteiger partial charge in [0, 0.05) is 19.3 Å². The van der Waals surface area contributed by atoms with Crippen LogP contribution >= 0.6 is 0 Å². The van der Waals surface area contributed by atoms with Crippen molar-refractivity contribution < 1.29 is 28.6 Å². The Morgan fingerprint density at radius 2 is 0.719 bits per heavy atom. The first-order valence-corrected chi connectivity index (χ1v) is 23.5. The summed E-state index contributed by atoms with van der Waals surface area (Å²) in [5, 5.41) is 0. The summed E-state index contributed by atoms with van der Waals surface area (Å²) < 4.78 is 16.6. The molecule has 0 aliphatic carbocycles. The molecular weight excluding hydrogens is 709 g/mol. The van der Waals surface area contributed by atoms with Crippen molar-refractivity contribution in [2.24, 2.45) is 0 Å². The lowest BCUT2D eigenvalue weighted by Crippen LogP contribution is -2.30. The second-order valence-corrected chi connectivity index (χ2v) is 15.4. The first-order chi connectivity index (χ1) is 28.0. The van der Waals surface area contributed by atoms with Crippen LogP contribution in [-0.4, -0.2) is 37.2 Å². The Morgan fingerprint density at radius 3 is 1.19 bits per heavy atom. The topological polar surface area (TPSA) is 78.9 Å². The number of hydrogen-bond donors (Lipinski definition) is 0. The minimum atomic E-state index is -0.819. The Kier molecular flexibility index (Phi) is 43.0. The third kappa shape index (κ3) is 43.8. The number of esters is 3. The fourth-order valence-electron chi connectivity index (χ4n) is 6.30. The molecule has 0 fully saturated rings. The van der Waals surface area contributed by atoms with Gasteiger partial charge in [0.05, 0.1) is 0 Å². The van der Waals surface area contributed by atoms with Gasteiger partial charge in [-0.3, -0.25) is 14.4 Å². The molecule has 57 heavy (non-hydrogen) atoms. The molecule has 0 aliphatic heterocycles. The standard InChI is InChI=1S/C51H86O6/c1-4-7-10-13-16-19-21-23-24-25-26-28-29-32-35-38-41-44-50(53)56-47-48(46-55-49(52)43-40-37-34-31-18-15-12-9-6-3)57-51(54)45-42-39-36-33-30-27-22-20-17-14-11-8-5-2/h8,11,14,17,20,22,27,30-31,33-34,36,48H,4-7,9-10,12-13,15-16,18-19,21,23-26,28-29,32,35,37-47H2,1-3H3/b11-8-,17-14-,22-20-,30-27-,34-31-,36-33-. The van der Waals surface area contributed by atoms with E-state index in [1.807, 2.05) is 54.7 Å². The highest BCUT2D eigenvalue weighted by molar-refractivity contribution is 5.71. The molecule has 0 aromatic rings. The van der Waals surface area contributed by atoms with Crippen molar-refractivity contribution in [3.05, 3.63) is 72.9 Å². The number of carbonyl (C=O) groups excluding carboxylic acids is 3. The molecule has 0 saturated heterocycles. The number of unbranched alkanes of at least 4 members (excludes halogenated alkanes) is 22. The van der Waals surface area contributed by atoms with E-state index in [2.05, 4.69) is 39.0 Å². The first kappa shape index (κ1) is 53.9. The normalized spacial score (nSPS) is 12.7. The van der Waals surface area contributed by atoms with Gasteiger partial charge >= 0.3 is 17.9 Å². The Labute approximate surface area is 351 Å². The Hall–Kier alpha value is -3.15. The van der Waals surface area contributed by atoms with Crippen molar-refractivity contribution in [2.75, 3.05) is 13.2 Å². The molecule has 1 unspecified atom stereocenters. The van der Waals surface area contributed by atoms with Gasteiger partial charge in [-0.2, -0.15) is 0 Å². The van der Waals surface area contributed by atoms with E-state index in [0.717, 1.165) is 44.9 Å². The van der Waals surface area contributed by atoms with Crippen molar-refractivity contribution in [1.82, 2.24) is 0 Å². The predicted molar refractivity (Wildman–Crippen MR) is 242 cm³/mol. The van der Waals surface area contributed by atoms with E-state index >= 15 is 0 Å². The molecule has 6 heteroatoms. The fourth-order valence-corrected chi connectivity index (χ4v) is 6.30. The van der Waals surface area contributed by atoms with Crippen molar-refractivity contribution >= 4 is 17.9 Å². The molecule has 0 aromatic heterocycles. The van der Waals surface area contributed by atoms with Crippen molar-refractivity contribution in [1.29, 1.82) is 0 Å². The van der Waals surface area contributed by atoms with Gasteiger partial charge in [-0.15, -0.1) is 0 Å². The molecule has 0 saturated carbocycles. The molecule has 0 amide bonds. The predicted octanol–water partition coefficient (Wildman–Crippen LogP) is 15.1. The average molecular weight is 795 g/mol. The smallest absolute Gasteiger partial charge is 0.306 e. The van der Waals surface area contributed by atoms with E-state index in [4.69, 9.17) is 14.2 Å². The molecule has 0 heterocycles. The highest BCUT2D eigenvalue weighted by Crippen LogP contribution is 2.15. The summed E-state index contributed by atoms with van der Waals surface area (Å²) in [7, 11) is 0. The maximum absolute atomic E-state index is 12.7. The van der Waals surface area contributed by atoms with Crippen molar-refractivity contribution in [3.8, 4) is 0 Å². The summed E-state index contributed by atoms with van der Waals surface area (Å²) in [6, 6.07) is 0. The lowest BCUT2D eigenvalue weighted by molar-refractivity contribution is -0.167. The quantitative estimate of drug-likeness (QED) is 0.0202. The van der Waals surface area contributed by atoms with Gasteiger partial charge < -0.3 is 14.2 Å². The van der Waals surface area contributed by atoms with Crippen LogP contribution in [0.1, 0.15) is 213 Å². The summed E-state index contributed by atoms with van der Waals surface area (Å²) in [5.41, 5.74) is 0. The van der Waals surface area contributed by atoms with Crippen LogP contribution in [0.25, 0.3) is 0 Å².